The highest BCUT2D eigenvalue weighted by atomic mass is 32.1. The van der Waals surface area contributed by atoms with Gasteiger partial charge in [0.2, 0.25) is 5.58 Å². The van der Waals surface area contributed by atoms with E-state index in [2.05, 4.69) is 12.2 Å². The molecule has 2 aromatic rings. The Labute approximate surface area is 76.8 Å². The van der Waals surface area contributed by atoms with Crippen molar-refractivity contribution in [2.75, 3.05) is 0 Å². The largest absolute Gasteiger partial charge is 0.413 e. The molecule has 0 amide bonds. The molecule has 1 aromatic carbocycles. The number of hydrogen-bond acceptors (Lipinski definition) is 4. The molecular formula is C8H3FO3S. The van der Waals surface area contributed by atoms with Crippen molar-refractivity contribution in [3.63, 3.8) is 0 Å². The van der Waals surface area contributed by atoms with Gasteiger partial charge in [-0.3, -0.25) is 4.79 Å². The van der Waals surface area contributed by atoms with Crippen LogP contribution >= 0.6 is 12.2 Å². The number of carbonyl (C=O) groups excluding carboxylic acids is 1. The lowest BCUT2D eigenvalue weighted by molar-refractivity contribution is 0.112. The van der Waals surface area contributed by atoms with Crippen LogP contribution in [0.2, 0.25) is 0 Å². The van der Waals surface area contributed by atoms with Crippen molar-refractivity contribution in [2.45, 2.75) is 0 Å². The molecule has 5 heteroatoms. The second kappa shape index (κ2) is 2.77. The third-order valence-electron chi connectivity index (χ3n) is 1.55. The van der Waals surface area contributed by atoms with E-state index < -0.39 is 5.82 Å². The Morgan fingerprint density at radius 1 is 1.38 bits per heavy atom. The van der Waals surface area contributed by atoms with Crippen molar-refractivity contribution in [3.8, 4) is 0 Å². The van der Waals surface area contributed by atoms with Crippen LogP contribution in [0.15, 0.2) is 21.0 Å². The predicted octanol–water partition coefficient (Wildman–Crippen LogP) is 2.71. The van der Waals surface area contributed by atoms with E-state index in [1.807, 2.05) is 0 Å². The monoisotopic (exact) mass is 198 g/mol. The molecular weight excluding hydrogens is 195 g/mol. The zero-order valence-electron chi connectivity index (χ0n) is 6.24. The summed E-state index contributed by atoms with van der Waals surface area (Å²) in [5.41, 5.74) is 0.271. The van der Waals surface area contributed by atoms with Crippen LogP contribution < -0.4 is 0 Å². The highest BCUT2D eigenvalue weighted by Gasteiger charge is 2.09. The number of benzene rings is 1. The number of carbonyl (C=O) groups is 1. The zero-order valence-corrected chi connectivity index (χ0v) is 7.06. The molecule has 0 spiro atoms. The molecule has 0 fully saturated rings. The minimum atomic E-state index is -0.653. The predicted molar refractivity (Wildman–Crippen MR) is 44.7 cm³/mol. The van der Waals surface area contributed by atoms with Gasteiger partial charge in [-0.25, -0.2) is 4.39 Å². The van der Waals surface area contributed by atoms with E-state index in [4.69, 9.17) is 8.83 Å². The second-order valence-corrected chi connectivity index (χ2v) is 2.74. The summed E-state index contributed by atoms with van der Waals surface area (Å²) in [6.07, 6.45) is 0.522. The van der Waals surface area contributed by atoms with E-state index in [0.717, 1.165) is 6.07 Å². The van der Waals surface area contributed by atoms with Gasteiger partial charge in [0.05, 0.1) is 0 Å². The highest BCUT2D eigenvalue weighted by Crippen LogP contribution is 2.21. The van der Waals surface area contributed by atoms with Gasteiger partial charge in [-0.2, -0.15) is 0 Å². The first-order valence-electron chi connectivity index (χ1n) is 3.39. The van der Waals surface area contributed by atoms with Gasteiger partial charge in [0.15, 0.2) is 11.4 Å². The van der Waals surface area contributed by atoms with Gasteiger partial charge in [-0.1, -0.05) is 0 Å². The molecule has 2 rings (SSSR count). The molecule has 0 aliphatic rings. The summed E-state index contributed by atoms with van der Waals surface area (Å²) < 4.78 is 22.7. The van der Waals surface area contributed by atoms with E-state index >= 15 is 0 Å². The second-order valence-electron chi connectivity index (χ2n) is 2.40. The molecule has 0 unspecified atom stereocenters. The van der Waals surface area contributed by atoms with E-state index in [-0.39, 0.29) is 21.6 Å². The quantitative estimate of drug-likeness (QED) is 0.522. The average Bonchev–Trinajstić information content (AvgIpc) is 2.46. The maximum Gasteiger partial charge on any atom is 0.363 e. The Hall–Kier alpha value is -1.49. The summed E-state index contributed by atoms with van der Waals surface area (Å²) in [4.78, 5) is 10.2. The summed E-state index contributed by atoms with van der Waals surface area (Å²) in [6, 6.07) is 2.42. The molecule has 0 atom stereocenters. The SMILES string of the molecule is O=Cc1cc(F)c2oc(=S)oc2c1. The van der Waals surface area contributed by atoms with Gasteiger partial charge in [-0.05, 0) is 12.1 Å². The highest BCUT2D eigenvalue weighted by molar-refractivity contribution is 7.71. The van der Waals surface area contributed by atoms with Gasteiger partial charge in [0, 0.05) is 17.8 Å². The maximum atomic E-state index is 13.1. The van der Waals surface area contributed by atoms with Gasteiger partial charge in [-0.15, -0.1) is 0 Å². The Morgan fingerprint density at radius 3 is 2.85 bits per heavy atom. The van der Waals surface area contributed by atoms with Crippen LogP contribution in [0.3, 0.4) is 0 Å². The Kier molecular flexibility index (Phi) is 1.73. The Balaban J connectivity index is 2.90. The third-order valence-corrected chi connectivity index (χ3v) is 1.71. The van der Waals surface area contributed by atoms with E-state index in [9.17, 15) is 9.18 Å². The van der Waals surface area contributed by atoms with Crippen molar-refractivity contribution in [3.05, 3.63) is 28.4 Å². The fraction of sp³-hybridized carbons (Fsp3) is 0. The number of aldehydes is 1. The first kappa shape index (κ1) is 8.12. The van der Waals surface area contributed by atoms with E-state index in [0.29, 0.717) is 6.29 Å². The first-order chi connectivity index (χ1) is 6.20. The first-order valence-corrected chi connectivity index (χ1v) is 3.80. The normalized spacial score (nSPS) is 10.5. The fourth-order valence-electron chi connectivity index (χ4n) is 1.03. The number of rotatable bonds is 1. The van der Waals surface area contributed by atoms with Crippen LogP contribution in [0.1, 0.15) is 10.4 Å². The summed E-state index contributed by atoms with van der Waals surface area (Å²) in [6.45, 7) is 0. The summed E-state index contributed by atoms with van der Waals surface area (Å²) in [7, 11) is 0. The fourth-order valence-corrected chi connectivity index (χ4v) is 1.20. The molecule has 13 heavy (non-hydrogen) atoms. The van der Waals surface area contributed by atoms with Crippen LogP contribution in [0.5, 0.6) is 0 Å². The smallest absolute Gasteiger partial charge is 0.363 e. The van der Waals surface area contributed by atoms with Crippen molar-refractivity contribution in [2.24, 2.45) is 0 Å². The zero-order chi connectivity index (χ0) is 9.42. The molecule has 0 bridgehead atoms. The molecule has 0 saturated heterocycles. The van der Waals surface area contributed by atoms with Gasteiger partial charge in [0.25, 0.3) is 0 Å². The van der Waals surface area contributed by atoms with Crippen LogP contribution in [0.4, 0.5) is 4.39 Å². The Bertz CT molecular complexity index is 526. The third kappa shape index (κ3) is 1.27. The van der Waals surface area contributed by atoms with Crippen molar-refractivity contribution in [1.29, 1.82) is 0 Å². The average molecular weight is 198 g/mol. The molecule has 3 nitrogen and oxygen atoms in total. The summed E-state index contributed by atoms with van der Waals surface area (Å²) in [5.74, 6) is -0.653. The van der Waals surface area contributed by atoms with Crippen molar-refractivity contribution >= 4 is 29.7 Å². The number of fused-ring (bicyclic) bond motifs is 1. The van der Waals surface area contributed by atoms with Crippen LogP contribution in [0.25, 0.3) is 11.2 Å². The lowest BCUT2D eigenvalue weighted by Gasteiger charge is -1.90. The minimum Gasteiger partial charge on any atom is -0.413 e. The van der Waals surface area contributed by atoms with Crippen LogP contribution in [0, 0.1) is 10.7 Å². The molecule has 66 valence electrons. The van der Waals surface area contributed by atoms with E-state index in [1.165, 1.54) is 6.07 Å². The minimum absolute atomic E-state index is 0.0596. The van der Waals surface area contributed by atoms with Crippen molar-refractivity contribution < 1.29 is 18.0 Å². The molecule has 0 saturated carbocycles. The van der Waals surface area contributed by atoms with Crippen LogP contribution in [-0.2, 0) is 0 Å². The molecule has 1 aromatic heterocycles. The summed E-state index contributed by atoms with van der Waals surface area (Å²) in [5, 5.41) is 0. The number of hydrogen-bond donors (Lipinski definition) is 0. The van der Waals surface area contributed by atoms with E-state index in [1.54, 1.807) is 0 Å². The standard InChI is InChI=1S/C8H3FO3S/c9-5-1-4(3-10)2-6-7(5)12-8(13)11-6/h1-3H. The molecule has 0 aliphatic heterocycles. The van der Waals surface area contributed by atoms with Gasteiger partial charge >= 0.3 is 4.90 Å². The molecule has 0 aliphatic carbocycles. The maximum absolute atomic E-state index is 13.1. The topological polar surface area (TPSA) is 43.4 Å². The molecule has 1 heterocycles. The number of halogens is 1. The van der Waals surface area contributed by atoms with Crippen LogP contribution in [-0.4, -0.2) is 6.29 Å². The Morgan fingerprint density at radius 2 is 2.15 bits per heavy atom. The lowest BCUT2D eigenvalue weighted by atomic mass is 10.2. The van der Waals surface area contributed by atoms with Gasteiger partial charge < -0.3 is 8.83 Å². The lowest BCUT2D eigenvalue weighted by Crippen LogP contribution is -1.82. The molecule has 0 N–H and O–H groups in total. The summed E-state index contributed by atoms with van der Waals surface area (Å²) >= 11 is 4.56. The van der Waals surface area contributed by atoms with Gasteiger partial charge in [0.1, 0.15) is 6.29 Å². The van der Waals surface area contributed by atoms with Crippen molar-refractivity contribution in [1.82, 2.24) is 0 Å². The molecule has 0 radical (unpaired) electrons.